The topological polar surface area (TPSA) is 106 Å². The molecule has 0 atom stereocenters. The molecule has 23 heavy (non-hydrogen) atoms. The number of hydrogen-bond donors (Lipinski definition) is 1. The van der Waals surface area contributed by atoms with Gasteiger partial charge in [-0.05, 0) is 18.2 Å². The van der Waals surface area contributed by atoms with Crippen molar-refractivity contribution in [1.29, 1.82) is 0 Å². The Labute approximate surface area is 134 Å². The summed E-state index contributed by atoms with van der Waals surface area (Å²) in [5.74, 6) is -2.16. The summed E-state index contributed by atoms with van der Waals surface area (Å²) in [6.07, 6.45) is 0. The molecule has 0 aromatic heterocycles. The molecule has 1 N–H and O–H groups in total. The number of halogens is 2. The van der Waals surface area contributed by atoms with E-state index in [9.17, 15) is 27.7 Å². The number of carbonyl (C=O) groups is 1. The zero-order valence-electron chi connectivity index (χ0n) is 11.2. The zero-order valence-corrected chi connectivity index (χ0v) is 12.8. The van der Waals surface area contributed by atoms with Gasteiger partial charge in [0.25, 0.3) is 21.6 Å². The lowest BCUT2D eigenvalue weighted by atomic mass is 10.2. The molecule has 7 nitrogen and oxygen atoms in total. The van der Waals surface area contributed by atoms with Gasteiger partial charge in [0.15, 0.2) is 0 Å². The van der Waals surface area contributed by atoms with Crippen LogP contribution in [0, 0.1) is 15.9 Å². The molecule has 120 valence electrons. The molecule has 0 unspecified atom stereocenters. The van der Waals surface area contributed by atoms with Crippen molar-refractivity contribution < 1.29 is 22.5 Å². The summed E-state index contributed by atoms with van der Waals surface area (Å²) < 4.78 is 39.2. The van der Waals surface area contributed by atoms with Crippen molar-refractivity contribution in [2.75, 3.05) is 0 Å². The molecule has 0 fully saturated rings. The minimum atomic E-state index is -4.51. The van der Waals surface area contributed by atoms with E-state index in [1.807, 2.05) is 0 Å². The van der Waals surface area contributed by atoms with Crippen molar-refractivity contribution in [3.63, 3.8) is 0 Å². The van der Waals surface area contributed by atoms with E-state index in [4.69, 9.17) is 11.6 Å². The predicted molar refractivity (Wildman–Crippen MR) is 79.2 cm³/mol. The maximum absolute atomic E-state index is 13.3. The molecule has 0 radical (unpaired) electrons. The third-order valence-electron chi connectivity index (χ3n) is 2.72. The van der Waals surface area contributed by atoms with Crippen LogP contribution in [0.1, 0.15) is 10.4 Å². The van der Waals surface area contributed by atoms with Crippen LogP contribution in [0.15, 0.2) is 47.4 Å². The van der Waals surface area contributed by atoms with Gasteiger partial charge in [0.05, 0.1) is 26.5 Å². The van der Waals surface area contributed by atoms with Crippen molar-refractivity contribution in [1.82, 2.24) is 4.72 Å². The van der Waals surface area contributed by atoms with Gasteiger partial charge in [-0.3, -0.25) is 14.9 Å². The lowest BCUT2D eigenvalue weighted by Crippen LogP contribution is -2.30. The Morgan fingerprint density at radius 3 is 2.48 bits per heavy atom. The van der Waals surface area contributed by atoms with E-state index in [0.29, 0.717) is 18.2 Å². The normalized spacial score (nSPS) is 11.0. The Bertz CT molecular complexity index is 901. The van der Waals surface area contributed by atoms with Crippen LogP contribution in [0.2, 0.25) is 5.02 Å². The van der Waals surface area contributed by atoms with Crippen LogP contribution in [0.3, 0.4) is 0 Å². The second-order valence-electron chi connectivity index (χ2n) is 4.32. The standard InChI is InChI=1S/C13H8ClFN2O5S/c14-12-4-2-1-3-11(12)13(18)16-23(21,22)10-6-8(15)5-9(7-10)17(19)20/h1-7H,(H,16,18). The molecule has 0 aliphatic rings. The highest BCUT2D eigenvalue weighted by Gasteiger charge is 2.23. The minimum Gasteiger partial charge on any atom is -0.268 e. The molecule has 0 aliphatic carbocycles. The fourth-order valence-corrected chi connectivity index (χ4v) is 2.93. The van der Waals surface area contributed by atoms with E-state index < -0.39 is 37.3 Å². The number of benzene rings is 2. The second-order valence-corrected chi connectivity index (χ2v) is 6.41. The number of nitrogens with one attached hydrogen (secondary N) is 1. The van der Waals surface area contributed by atoms with Crippen molar-refractivity contribution >= 4 is 33.2 Å². The maximum Gasteiger partial charge on any atom is 0.273 e. The number of carbonyl (C=O) groups excluding carboxylic acids is 1. The van der Waals surface area contributed by atoms with Crippen molar-refractivity contribution in [2.45, 2.75) is 4.90 Å². The lowest BCUT2D eigenvalue weighted by molar-refractivity contribution is -0.385. The summed E-state index contributed by atoms with van der Waals surface area (Å²) in [5, 5.41) is 10.7. The first-order valence-corrected chi connectivity index (χ1v) is 7.83. The highest BCUT2D eigenvalue weighted by Crippen LogP contribution is 2.21. The van der Waals surface area contributed by atoms with Crippen LogP contribution in [0.5, 0.6) is 0 Å². The van der Waals surface area contributed by atoms with Gasteiger partial charge in [0.2, 0.25) is 0 Å². The Balaban J connectivity index is 2.38. The summed E-state index contributed by atoms with van der Waals surface area (Å²) >= 11 is 5.78. The van der Waals surface area contributed by atoms with Crippen LogP contribution in [0.4, 0.5) is 10.1 Å². The predicted octanol–water partition coefficient (Wildman–Crippen LogP) is 2.51. The van der Waals surface area contributed by atoms with Crippen LogP contribution in [-0.2, 0) is 10.0 Å². The monoisotopic (exact) mass is 358 g/mol. The Morgan fingerprint density at radius 2 is 1.87 bits per heavy atom. The molecule has 0 saturated heterocycles. The Hall–Kier alpha value is -2.52. The molecule has 0 aliphatic heterocycles. The summed E-state index contributed by atoms with van der Waals surface area (Å²) in [6, 6.07) is 7.47. The smallest absolute Gasteiger partial charge is 0.268 e. The van der Waals surface area contributed by atoms with Crippen LogP contribution >= 0.6 is 11.6 Å². The molecule has 1 amide bonds. The van der Waals surface area contributed by atoms with Gasteiger partial charge in [-0.15, -0.1) is 0 Å². The molecular weight excluding hydrogens is 351 g/mol. The molecule has 0 saturated carbocycles. The van der Waals surface area contributed by atoms with Crippen molar-refractivity contribution in [3.05, 3.63) is 69.0 Å². The van der Waals surface area contributed by atoms with E-state index in [2.05, 4.69) is 0 Å². The van der Waals surface area contributed by atoms with E-state index in [1.54, 1.807) is 10.8 Å². The van der Waals surface area contributed by atoms with E-state index >= 15 is 0 Å². The molecule has 0 bridgehead atoms. The highest BCUT2D eigenvalue weighted by atomic mass is 35.5. The van der Waals surface area contributed by atoms with Gasteiger partial charge in [0.1, 0.15) is 5.82 Å². The van der Waals surface area contributed by atoms with Crippen molar-refractivity contribution in [2.24, 2.45) is 0 Å². The summed E-state index contributed by atoms with van der Waals surface area (Å²) in [6.45, 7) is 0. The Kier molecular flexibility index (Phi) is 4.62. The number of nitrogens with zero attached hydrogens (tertiary/aromatic N) is 1. The first-order valence-electron chi connectivity index (χ1n) is 5.97. The quantitative estimate of drug-likeness (QED) is 0.667. The SMILES string of the molecule is O=C(NS(=O)(=O)c1cc(F)cc([N+](=O)[O-])c1)c1ccccc1Cl. The third-order valence-corrected chi connectivity index (χ3v) is 4.36. The zero-order chi connectivity index (χ0) is 17.2. The van der Waals surface area contributed by atoms with E-state index in [1.165, 1.54) is 18.2 Å². The fourth-order valence-electron chi connectivity index (χ4n) is 1.69. The number of amides is 1. The number of rotatable bonds is 4. The van der Waals surface area contributed by atoms with Crippen LogP contribution < -0.4 is 4.72 Å². The second kappa shape index (κ2) is 6.31. The average molecular weight is 359 g/mol. The van der Waals surface area contributed by atoms with E-state index in [-0.39, 0.29) is 10.6 Å². The number of sulfonamides is 1. The van der Waals surface area contributed by atoms with Gasteiger partial charge < -0.3 is 0 Å². The van der Waals surface area contributed by atoms with Crippen LogP contribution in [0.25, 0.3) is 0 Å². The first kappa shape index (κ1) is 16.8. The summed E-state index contributed by atoms with van der Waals surface area (Å²) in [5.41, 5.74) is -0.862. The molecule has 10 heteroatoms. The number of non-ortho nitro benzene ring substituents is 1. The van der Waals surface area contributed by atoms with E-state index in [0.717, 1.165) is 0 Å². The Morgan fingerprint density at radius 1 is 1.22 bits per heavy atom. The highest BCUT2D eigenvalue weighted by molar-refractivity contribution is 7.90. The molecular formula is C13H8ClFN2O5S. The third kappa shape index (κ3) is 3.82. The largest absolute Gasteiger partial charge is 0.273 e. The van der Waals surface area contributed by atoms with Crippen molar-refractivity contribution in [3.8, 4) is 0 Å². The number of nitro benzene ring substituents is 1. The van der Waals surface area contributed by atoms with Gasteiger partial charge in [0, 0.05) is 6.07 Å². The maximum atomic E-state index is 13.3. The van der Waals surface area contributed by atoms with Gasteiger partial charge in [-0.1, -0.05) is 23.7 Å². The average Bonchev–Trinajstić information content (AvgIpc) is 2.46. The molecule has 2 aromatic rings. The molecule has 2 aromatic carbocycles. The summed E-state index contributed by atoms with van der Waals surface area (Å²) in [7, 11) is -4.51. The van der Waals surface area contributed by atoms with Gasteiger partial charge in [-0.2, -0.15) is 0 Å². The molecule has 0 heterocycles. The molecule has 0 spiro atoms. The minimum absolute atomic E-state index is 0.0189. The van der Waals surface area contributed by atoms with Gasteiger partial charge in [-0.25, -0.2) is 17.5 Å². The molecule has 2 rings (SSSR count). The number of hydrogen-bond acceptors (Lipinski definition) is 5. The fraction of sp³-hybridized carbons (Fsp3) is 0. The lowest BCUT2D eigenvalue weighted by Gasteiger charge is -2.08. The first-order chi connectivity index (χ1) is 10.7. The number of nitro groups is 1. The van der Waals surface area contributed by atoms with Crippen LogP contribution in [-0.4, -0.2) is 19.2 Å². The van der Waals surface area contributed by atoms with Gasteiger partial charge >= 0.3 is 0 Å². The summed E-state index contributed by atoms with van der Waals surface area (Å²) in [4.78, 5) is 20.9.